The van der Waals surface area contributed by atoms with Crippen molar-refractivity contribution < 1.29 is 0 Å². The fraction of sp³-hybridized carbons (Fsp3) is 0.167. The largest absolute Gasteiger partial charge is 0.319 e. The van der Waals surface area contributed by atoms with Gasteiger partial charge < -0.3 is 5.73 Å². The van der Waals surface area contributed by atoms with Crippen molar-refractivity contribution in [3.05, 3.63) is 44.3 Å². The van der Waals surface area contributed by atoms with Crippen LogP contribution >= 0.6 is 34.0 Å². The third kappa shape index (κ3) is 1.72. The third-order valence-corrected chi connectivity index (χ3v) is 5.79. The third-order valence-electron chi connectivity index (χ3n) is 2.53. The molecule has 16 heavy (non-hydrogen) atoms. The van der Waals surface area contributed by atoms with Crippen molar-refractivity contribution >= 4 is 43.4 Å². The highest BCUT2D eigenvalue weighted by Crippen LogP contribution is 2.36. The maximum atomic E-state index is 6.28. The van der Waals surface area contributed by atoms with Crippen LogP contribution in [0, 0.1) is 6.92 Å². The van der Waals surface area contributed by atoms with Gasteiger partial charge in [0.1, 0.15) is 0 Å². The van der Waals surface area contributed by atoms with Gasteiger partial charge in [-0.15, -0.1) is 34.0 Å². The van der Waals surface area contributed by atoms with Crippen molar-refractivity contribution in [2.45, 2.75) is 13.0 Å². The van der Waals surface area contributed by atoms with E-state index in [-0.39, 0.29) is 6.04 Å². The first-order valence-electron chi connectivity index (χ1n) is 5.03. The Morgan fingerprint density at radius 3 is 2.62 bits per heavy atom. The predicted octanol–water partition coefficient (Wildman–Crippen LogP) is 4.38. The topological polar surface area (TPSA) is 26.0 Å². The quantitative estimate of drug-likeness (QED) is 0.731. The fourth-order valence-electron chi connectivity index (χ4n) is 1.70. The summed E-state index contributed by atoms with van der Waals surface area (Å²) in [6.45, 7) is 2.12. The molecule has 3 aromatic heterocycles. The van der Waals surface area contributed by atoms with Crippen LogP contribution in [0.25, 0.3) is 9.40 Å². The maximum absolute atomic E-state index is 6.28. The van der Waals surface area contributed by atoms with E-state index in [0.29, 0.717) is 0 Å². The second-order valence-corrected chi connectivity index (χ2v) is 7.11. The molecule has 0 saturated heterocycles. The van der Waals surface area contributed by atoms with E-state index in [1.54, 1.807) is 22.7 Å². The van der Waals surface area contributed by atoms with Crippen molar-refractivity contribution in [3.8, 4) is 0 Å². The van der Waals surface area contributed by atoms with Gasteiger partial charge in [0.15, 0.2) is 0 Å². The first-order valence-corrected chi connectivity index (χ1v) is 7.54. The molecule has 82 valence electrons. The second kappa shape index (κ2) is 3.96. The lowest BCUT2D eigenvalue weighted by molar-refractivity contribution is 0.918. The first kappa shape index (κ1) is 10.5. The molecule has 0 fully saturated rings. The number of aryl methyl sites for hydroxylation is 1. The number of rotatable bonds is 2. The molecule has 3 rings (SSSR count). The monoisotopic (exact) mass is 265 g/mol. The van der Waals surface area contributed by atoms with Gasteiger partial charge in [-0.1, -0.05) is 0 Å². The number of thiophene rings is 3. The molecule has 0 aromatic carbocycles. The molecule has 0 aliphatic carbocycles. The number of hydrogen-bond acceptors (Lipinski definition) is 4. The van der Waals surface area contributed by atoms with Crippen LogP contribution in [0.2, 0.25) is 0 Å². The Hall–Kier alpha value is -0.680. The lowest BCUT2D eigenvalue weighted by Crippen LogP contribution is -2.07. The molecule has 3 aromatic rings. The van der Waals surface area contributed by atoms with Crippen molar-refractivity contribution in [1.29, 1.82) is 0 Å². The van der Waals surface area contributed by atoms with Crippen LogP contribution in [0.1, 0.15) is 20.7 Å². The van der Waals surface area contributed by atoms with Crippen LogP contribution in [-0.2, 0) is 0 Å². The molecule has 3 heterocycles. The maximum Gasteiger partial charge on any atom is 0.0740 e. The Morgan fingerprint density at radius 2 is 1.94 bits per heavy atom. The Bertz CT molecular complexity index is 588. The average molecular weight is 265 g/mol. The summed E-state index contributed by atoms with van der Waals surface area (Å²) in [6, 6.07) is 8.71. The zero-order valence-corrected chi connectivity index (χ0v) is 11.2. The summed E-state index contributed by atoms with van der Waals surface area (Å²) in [7, 11) is 0. The average Bonchev–Trinajstić information content (AvgIpc) is 2.89. The molecular formula is C12H11NS3. The van der Waals surface area contributed by atoms with Gasteiger partial charge in [-0.3, -0.25) is 0 Å². The van der Waals surface area contributed by atoms with E-state index in [1.807, 2.05) is 11.3 Å². The summed E-state index contributed by atoms with van der Waals surface area (Å²) in [5, 5.41) is 2.13. The molecule has 1 atom stereocenters. The summed E-state index contributed by atoms with van der Waals surface area (Å²) >= 11 is 5.38. The Morgan fingerprint density at radius 1 is 1.06 bits per heavy atom. The normalized spacial score (nSPS) is 13.4. The summed E-state index contributed by atoms with van der Waals surface area (Å²) in [5.74, 6) is 0. The minimum atomic E-state index is 0.0447. The predicted molar refractivity (Wildman–Crippen MR) is 74.8 cm³/mol. The minimum Gasteiger partial charge on any atom is -0.319 e. The summed E-state index contributed by atoms with van der Waals surface area (Å²) in [5.41, 5.74) is 6.28. The highest BCUT2D eigenvalue weighted by Gasteiger charge is 2.14. The molecule has 1 nitrogen and oxygen atoms in total. The zero-order chi connectivity index (χ0) is 11.1. The van der Waals surface area contributed by atoms with Gasteiger partial charge in [-0.25, -0.2) is 0 Å². The molecule has 0 aliphatic heterocycles. The molecule has 0 aliphatic rings. The standard InChI is InChI=1S/C12H11NS3/c1-7-2-3-9(15-7)12(13)11-6-10-8(16-11)4-5-14-10/h2-6,12H,13H2,1H3. The van der Waals surface area contributed by atoms with Crippen molar-refractivity contribution in [2.24, 2.45) is 5.73 Å². The van der Waals surface area contributed by atoms with Crippen LogP contribution in [0.15, 0.2) is 29.6 Å². The van der Waals surface area contributed by atoms with Gasteiger partial charge in [-0.2, -0.15) is 0 Å². The van der Waals surface area contributed by atoms with Gasteiger partial charge in [0.25, 0.3) is 0 Å². The van der Waals surface area contributed by atoms with E-state index < -0.39 is 0 Å². The SMILES string of the molecule is Cc1ccc(C(N)c2cc3sccc3s2)s1. The van der Waals surface area contributed by atoms with Crippen molar-refractivity contribution in [3.63, 3.8) is 0 Å². The lowest BCUT2D eigenvalue weighted by Gasteiger charge is -2.05. The summed E-state index contributed by atoms with van der Waals surface area (Å²) in [6.07, 6.45) is 0. The summed E-state index contributed by atoms with van der Waals surface area (Å²) < 4.78 is 2.70. The fourth-order valence-corrected chi connectivity index (χ4v) is 4.81. The Kier molecular flexibility index (Phi) is 2.59. The molecule has 0 radical (unpaired) electrons. The van der Waals surface area contributed by atoms with Crippen LogP contribution in [0.4, 0.5) is 0 Å². The van der Waals surface area contributed by atoms with E-state index in [1.165, 1.54) is 24.0 Å². The molecule has 1 unspecified atom stereocenters. The van der Waals surface area contributed by atoms with Crippen LogP contribution in [0.5, 0.6) is 0 Å². The number of nitrogens with two attached hydrogens (primary N) is 1. The van der Waals surface area contributed by atoms with Gasteiger partial charge in [0, 0.05) is 24.0 Å². The summed E-state index contributed by atoms with van der Waals surface area (Å²) in [4.78, 5) is 3.85. The molecule has 0 saturated carbocycles. The molecule has 2 N–H and O–H groups in total. The highest BCUT2D eigenvalue weighted by molar-refractivity contribution is 7.27. The van der Waals surface area contributed by atoms with Crippen molar-refractivity contribution in [1.82, 2.24) is 0 Å². The van der Waals surface area contributed by atoms with E-state index in [0.717, 1.165) is 0 Å². The second-order valence-electron chi connectivity index (χ2n) is 3.72. The van der Waals surface area contributed by atoms with E-state index in [4.69, 9.17) is 5.73 Å². The molecular weight excluding hydrogens is 254 g/mol. The molecule has 0 amide bonds. The molecule has 4 heteroatoms. The van der Waals surface area contributed by atoms with Gasteiger partial charge in [-0.05, 0) is 36.6 Å². The van der Waals surface area contributed by atoms with Gasteiger partial charge in [0.05, 0.1) is 6.04 Å². The Balaban J connectivity index is 2.00. The smallest absolute Gasteiger partial charge is 0.0740 e. The molecule has 0 spiro atoms. The Labute approximate surface area is 106 Å². The van der Waals surface area contributed by atoms with Crippen LogP contribution in [0.3, 0.4) is 0 Å². The van der Waals surface area contributed by atoms with E-state index in [2.05, 4.69) is 36.6 Å². The highest BCUT2D eigenvalue weighted by atomic mass is 32.1. The first-order chi connectivity index (χ1) is 7.74. The van der Waals surface area contributed by atoms with Gasteiger partial charge in [0.2, 0.25) is 0 Å². The zero-order valence-electron chi connectivity index (χ0n) is 8.77. The van der Waals surface area contributed by atoms with Crippen LogP contribution in [-0.4, -0.2) is 0 Å². The minimum absolute atomic E-state index is 0.0447. The van der Waals surface area contributed by atoms with Crippen molar-refractivity contribution in [2.75, 3.05) is 0 Å². The van der Waals surface area contributed by atoms with Crippen LogP contribution < -0.4 is 5.73 Å². The molecule has 0 bridgehead atoms. The lowest BCUT2D eigenvalue weighted by atomic mass is 10.2. The van der Waals surface area contributed by atoms with E-state index >= 15 is 0 Å². The number of hydrogen-bond donors (Lipinski definition) is 1. The number of fused-ring (bicyclic) bond motifs is 1. The van der Waals surface area contributed by atoms with E-state index in [9.17, 15) is 0 Å². The van der Waals surface area contributed by atoms with Gasteiger partial charge >= 0.3 is 0 Å².